The second-order valence-corrected chi connectivity index (χ2v) is 7.41. The van der Waals surface area contributed by atoms with E-state index in [0.717, 1.165) is 4.90 Å². The molecule has 0 saturated carbocycles. The molecule has 1 aromatic rings. The van der Waals surface area contributed by atoms with Crippen molar-refractivity contribution in [2.75, 3.05) is 17.3 Å². The summed E-state index contributed by atoms with van der Waals surface area (Å²) in [5.41, 5.74) is 0. The van der Waals surface area contributed by atoms with Crippen LogP contribution in [0.3, 0.4) is 0 Å². The summed E-state index contributed by atoms with van der Waals surface area (Å²) in [5, 5.41) is 8.68. The van der Waals surface area contributed by atoms with Crippen molar-refractivity contribution in [3.8, 4) is 0 Å². The average molecular weight is 288 g/mol. The van der Waals surface area contributed by atoms with Crippen molar-refractivity contribution in [3.05, 3.63) is 30.3 Å². The molecule has 0 saturated heterocycles. The Morgan fingerprint density at radius 3 is 2.50 bits per heavy atom. The van der Waals surface area contributed by atoms with Crippen LogP contribution in [0.4, 0.5) is 0 Å². The van der Waals surface area contributed by atoms with Gasteiger partial charge in [0.05, 0.1) is 17.4 Å². The minimum absolute atomic E-state index is 0.00415. The van der Waals surface area contributed by atoms with Crippen LogP contribution in [0.5, 0.6) is 0 Å². The summed E-state index contributed by atoms with van der Waals surface area (Å²) < 4.78 is 23.3. The van der Waals surface area contributed by atoms with Gasteiger partial charge in [-0.15, -0.1) is 11.8 Å². The van der Waals surface area contributed by atoms with Gasteiger partial charge in [-0.05, 0) is 12.1 Å². The lowest BCUT2D eigenvalue weighted by molar-refractivity contribution is -0.140. The fourth-order valence-electron chi connectivity index (χ4n) is 1.34. The molecule has 0 aliphatic rings. The largest absolute Gasteiger partial charge is 0.481 e. The Labute approximate surface area is 111 Å². The number of aliphatic carboxylic acids is 1. The van der Waals surface area contributed by atoms with Crippen LogP contribution in [0.15, 0.2) is 35.2 Å². The van der Waals surface area contributed by atoms with Gasteiger partial charge in [0.15, 0.2) is 9.84 Å². The molecule has 1 aromatic carbocycles. The third-order valence-electron chi connectivity index (χ3n) is 2.33. The molecule has 6 heteroatoms. The van der Waals surface area contributed by atoms with E-state index in [2.05, 4.69) is 0 Å². The van der Waals surface area contributed by atoms with Gasteiger partial charge in [-0.1, -0.05) is 25.1 Å². The molecule has 0 aliphatic heterocycles. The van der Waals surface area contributed by atoms with Gasteiger partial charge >= 0.3 is 5.97 Å². The number of benzene rings is 1. The maximum atomic E-state index is 11.7. The maximum Gasteiger partial charge on any atom is 0.307 e. The van der Waals surface area contributed by atoms with Crippen molar-refractivity contribution in [2.45, 2.75) is 11.8 Å². The smallest absolute Gasteiger partial charge is 0.307 e. The second-order valence-electron chi connectivity index (χ2n) is 4.02. The van der Waals surface area contributed by atoms with E-state index in [1.54, 1.807) is 0 Å². The van der Waals surface area contributed by atoms with E-state index >= 15 is 0 Å². The molecule has 0 aliphatic carbocycles. The molecule has 1 unspecified atom stereocenters. The molecule has 100 valence electrons. The van der Waals surface area contributed by atoms with Crippen molar-refractivity contribution in [1.82, 2.24) is 0 Å². The van der Waals surface area contributed by atoms with Crippen LogP contribution in [0.2, 0.25) is 0 Å². The summed E-state index contributed by atoms with van der Waals surface area (Å²) in [6.45, 7) is 1.41. The molecule has 0 amide bonds. The zero-order valence-electron chi connectivity index (χ0n) is 10.1. The highest BCUT2D eigenvalue weighted by Crippen LogP contribution is 2.17. The number of carbonyl (C=O) groups is 1. The number of hydrogen-bond donors (Lipinski definition) is 1. The monoisotopic (exact) mass is 288 g/mol. The molecule has 0 fully saturated rings. The van der Waals surface area contributed by atoms with Crippen LogP contribution < -0.4 is 0 Å². The number of sulfone groups is 1. The van der Waals surface area contributed by atoms with E-state index in [9.17, 15) is 13.2 Å². The number of carboxylic acids is 1. The van der Waals surface area contributed by atoms with Gasteiger partial charge in [0.1, 0.15) is 0 Å². The number of carboxylic acid groups (broad SMARTS) is 1. The molecule has 18 heavy (non-hydrogen) atoms. The Hall–Kier alpha value is -1.01. The molecule has 0 spiro atoms. The van der Waals surface area contributed by atoms with Crippen LogP contribution in [0.25, 0.3) is 0 Å². The highest BCUT2D eigenvalue weighted by atomic mass is 32.2. The van der Waals surface area contributed by atoms with Crippen molar-refractivity contribution in [1.29, 1.82) is 0 Å². The first kappa shape index (κ1) is 15.0. The molecule has 1 rings (SSSR count). The molecule has 0 aromatic heterocycles. The van der Waals surface area contributed by atoms with Crippen molar-refractivity contribution >= 4 is 27.6 Å². The third-order valence-corrected chi connectivity index (χ3v) is 5.44. The van der Waals surface area contributed by atoms with Crippen molar-refractivity contribution in [3.63, 3.8) is 0 Å². The van der Waals surface area contributed by atoms with E-state index in [0.29, 0.717) is 5.75 Å². The highest BCUT2D eigenvalue weighted by molar-refractivity contribution is 8.00. The normalized spacial score (nSPS) is 13.2. The first-order valence-electron chi connectivity index (χ1n) is 5.52. The van der Waals surface area contributed by atoms with Gasteiger partial charge in [0, 0.05) is 10.6 Å². The number of rotatable bonds is 7. The zero-order chi connectivity index (χ0) is 13.6. The maximum absolute atomic E-state index is 11.7. The minimum Gasteiger partial charge on any atom is -0.481 e. The first-order valence-corrected chi connectivity index (χ1v) is 8.32. The predicted octanol–water partition coefficient (Wildman–Crippen LogP) is 1.91. The summed E-state index contributed by atoms with van der Waals surface area (Å²) in [6.07, 6.45) is 0. The van der Waals surface area contributed by atoms with Crippen LogP contribution in [0, 0.1) is 5.92 Å². The molecule has 0 bridgehead atoms. The fraction of sp³-hybridized carbons (Fsp3) is 0.417. The minimum atomic E-state index is -3.30. The summed E-state index contributed by atoms with van der Waals surface area (Å²) >= 11 is 1.46. The van der Waals surface area contributed by atoms with Crippen LogP contribution in [-0.2, 0) is 14.6 Å². The van der Waals surface area contributed by atoms with Crippen LogP contribution in [0.1, 0.15) is 6.92 Å². The third kappa shape index (κ3) is 5.55. The second kappa shape index (κ2) is 6.80. The Kier molecular flexibility index (Phi) is 5.68. The first-order chi connectivity index (χ1) is 8.41. The standard InChI is InChI=1S/C12H16O4S2/c1-10(12(13)14)9-18(15,16)8-7-17-11-5-3-2-4-6-11/h2-6,10H,7-9H2,1H3,(H,13,14). The lowest BCUT2D eigenvalue weighted by Crippen LogP contribution is -2.23. The molecule has 1 atom stereocenters. The summed E-state index contributed by atoms with van der Waals surface area (Å²) in [5.74, 6) is -1.77. The van der Waals surface area contributed by atoms with E-state index in [4.69, 9.17) is 5.11 Å². The van der Waals surface area contributed by atoms with Crippen molar-refractivity contribution in [2.24, 2.45) is 5.92 Å². The van der Waals surface area contributed by atoms with Gasteiger partial charge in [-0.25, -0.2) is 8.42 Å². The van der Waals surface area contributed by atoms with E-state index in [1.165, 1.54) is 18.7 Å². The molecular formula is C12H16O4S2. The van der Waals surface area contributed by atoms with Gasteiger partial charge in [-0.3, -0.25) is 4.79 Å². The van der Waals surface area contributed by atoms with Gasteiger partial charge in [-0.2, -0.15) is 0 Å². The van der Waals surface area contributed by atoms with Gasteiger partial charge < -0.3 is 5.11 Å². The topological polar surface area (TPSA) is 71.4 Å². The fourth-order valence-corrected chi connectivity index (χ4v) is 4.34. The zero-order valence-corrected chi connectivity index (χ0v) is 11.7. The quantitative estimate of drug-likeness (QED) is 0.776. The SMILES string of the molecule is CC(CS(=O)(=O)CCSc1ccccc1)C(=O)O. The Morgan fingerprint density at radius 1 is 1.33 bits per heavy atom. The molecule has 0 heterocycles. The summed E-state index contributed by atoms with van der Waals surface area (Å²) in [4.78, 5) is 11.6. The molecular weight excluding hydrogens is 272 g/mol. The van der Waals surface area contributed by atoms with Gasteiger partial charge in [0.2, 0.25) is 0 Å². The molecule has 1 N–H and O–H groups in total. The Balaban J connectivity index is 2.41. The highest BCUT2D eigenvalue weighted by Gasteiger charge is 2.20. The average Bonchev–Trinajstić information content (AvgIpc) is 2.29. The summed E-state index contributed by atoms with van der Waals surface area (Å²) in [6, 6.07) is 9.51. The van der Waals surface area contributed by atoms with E-state index in [-0.39, 0.29) is 11.5 Å². The number of thioether (sulfide) groups is 1. The van der Waals surface area contributed by atoms with E-state index in [1.807, 2.05) is 30.3 Å². The van der Waals surface area contributed by atoms with E-state index < -0.39 is 21.7 Å². The van der Waals surface area contributed by atoms with Crippen LogP contribution >= 0.6 is 11.8 Å². The lowest BCUT2D eigenvalue weighted by atomic mass is 10.2. The van der Waals surface area contributed by atoms with Crippen molar-refractivity contribution < 1.29 is 18.3 Å². The predicted molar refractivity (Wildman–Crippen MR) is 72.6 cm³/mol. The lowest BCUT2D eigenvalue weighted by Gasteiger charge is -2.07. The summed E-state index contributed by atoms with van der Waals surface area (Å²) in [7, 11) is -3.30. The Morgan fingerprint density at radius 2 is 1.94 bits per heavy atom. The number of hydrogen-bond acceptors (Lipinski definition) is 4. The van der Waals surface area contributed by atoms with Gasteiger partial charge in [0.25, 0.3) is 0 Å². The molecule has 0 radical (unpaired) electrons. The van der Waals surface area contributed by atoms with Crippen LogP contribution in [-0.4, -0.2) is 36.8 Å². The Bertz CT molecular complexity index is 482. The molecule has 4 nitrogen and oxygen atoms in total.